The van der Waals surface area contributed by atoms with E-state index in [1.165, 1.54) is 141 Å². The first-order valence-electron chi connectivity index (χ1n) is 36.2. The van der Waals surface area contributed by atoms with Gasteiger partial charge in [0.15, 0.2) is 12.2 Å². The predicted octanol–water partition coefficient (Wildman–Crippen LogP) is 19.7. The molecule has 0 aliphatic carbocycles. The van der Waals surface area contributed by atoms with Crippen LogP contribution in [0.1, 0.15) is 344 Å². The molecule has 3 N–H and O–H groups in total. The Morgan fingerprint density at radius 1 is 0.315 bits per heavy atom. The lowest BCUT2D eigenvalue weighted by Gasteiger charge is -2.21. The van der Waals surface area contributed by atoms with Crippen molar-refractivity contribution in [2.24, 2.45) is 23.7 Å². The Balaban J connectivity index is 5.21. The second-order valence-electron chi connectivity index (χ2n) is 26.9. The maximum atomic E-state index is 13.0. The van der Waals surface area contributed by atoms with Gasteiger partial charge in [-0.1, -0.05) is 293 Å². The Morgan fingerprint density at radius 3 is 0.798 bits per heavy atom. The molecule has 528 valence electrons. The second kappa shape index (κ2) is 59.8. The molecule has 4 unspecified atom stereocenters. The summed E-state index contributed by atoms with van der Waals surface area (Å²) in [5.74, 6) is 0.836. The average Bonchev–Trinajstić information content (AvgIpc) is 3.70. The normalized spacial score (nSPS) is 14.6. The van der Waals surface area contributed by atoms with E-state index in [-0.39, 0.29) is 25.7 Å². The van der Waals surface area contributed by atoms with Crippen molar-refractivity contribution in [2.75, 3.05) is 39.6 Å². The Kier molecular flexibility index (Phi) is 58.5. The van der Waals surface area contributed by atoms with Gasteiger partial charge in [-0.2, -0.15) is 0 Å². The van der Waals surface area contributed by atoms with Crippen LogP contribution in [0, 0.1) is 23.7 Å². The largest absolute Gasteiger partial charge is 0.472 e. The number of carbonyl (C=O) groups excluding carboxylic acids is 4. The third-order valence-corrected chi connectivity index (χ3v) is 18.3. The molecular formula is C70H136O17P2. The van der Waals surface area contributed by atoms with Crippen molar-refractivity contribution in [1.29, 1.82) is 0 Å². The summed E-state index contributed by atoms with van der Waals surface area (Å²) in [6, 6.07) is 0. The van der Waals surface area contributed by atoms with Crippen LogP contribution in [0.25, 0.3) is 0 Å². The molecule has 19 heteroatoms. The van der Waals surface area contributed by atoms with Crippen LogP contribution in [0.15, 0.2) is 0 Å². The highest BCUT2D eigenvalue weighted by Crippen LogP contribution is 2.45. The van der Waals surface area contributed by atoms with Crippen LogP contribution in [-0.4, -0.2) is 96.7 Å². The molecule has 0 aliphatic rings. The van der Waals surface area contributed by atoms with E-state index in [1.807, 2.05) is 0 Å². The van der Waals surface area contributed by atoms with Crippen molar-refractivity contribution in [3.8, 4) is 0 Å². The van der Waals surface area contributed by atoms with Crippen molar-refractivity contribution in [2.45, 2.75) is 363 Å². The molecule has 17 nitrogen and oxygen atoms in total. The molecule has 0 aromatic heterocycles. The molecule has 0 fully saturated rings. The Hall–Kier alpha value is -1.94. The lowest BCUT2D eigenvalue weighted by molar-refractivity contribution is -0.161. The minimum absolute atomic E-state index is 0.103. The van der Waals surface area contributed by atoms with Crippen LogP contribution in [0.2, 0.25) is 0 Å². The zero-order chi connectivity index (χ0) is 66.1. The third kappa shape index (κ3) is 63.2. The molecule has 0 amide bonds. The van der Waals surface area contributed by atoms with Gasteiger partial charge in [0.05, 0.1) is 26.4 Å². The zero-order valence-electron chi connectivity index (χ0n) is 58.1. The number of hydrogen-bond donors (Lipinski definition) is 3. The zero-order valence-corrected chi connectivity index (χ0v) is 59.8. The fourth-order valence-corrected chi connectivity index (χ4v) is 12.0. The number of rotatable bonds is 67. The number of aliphatic hydroxyl groups excluding tert-OH is 1. The summed E-state index contributed by atoms with van der Waals surface area (Å²) in [6.07, 6.45) is 41.9. The molecular weight excluding hydrogens is 1170 g/mol. The van der Waals surface area contributed by atoms with Gasteiger partial charge in [0.2, 0.25) is 0 Å². The molecule has 0 radical (unpaired) electrons. The first kappa shape index (κ1) is 87.1. The maximum absolute atomic E-state index is 13.0. The molecule has 0 saturated heterocycles. The molecule has 89 heavy (non-hydrogen) atoms. The fourth-order valence-electron chi connectivity index (χ4n) is 10.5. The Bertz CT molecular complexity index is 1770. The van der Waals surface area contributed by atoms with E-state index in [2.05, 4.69) is 55.4 Å². The highest BCUT2D eigenvalue weighted by Gasteiger charge is 2.30. The number of esters is 4. The summed E-state index contributed by atoms with van der Waals surface area (Å²) in [7, 11) is -9.90. The van der Waals surface area contributed by atoms with Gasteiger partial charge in [-0.25, -0.2) is 9.13 Å². The summed E-state index contributed by atoms with van der Waals surface area (Å²) in [6.45, 7) is 14.0. The number of phosphoric ester groups is 2. The third-order valence-electron chi connectivity index (χ3n) is 16.4. The Labute approximate surface area is 543 Å². The highest BCUT2D eigenvalue weighted by atomic mass is 31.2. The average molecular weight is 1310 g/mol. The van der Waals surface area contributed by atoms with E-state index >= 15 is 0 Å². The van der Waals surface area contributed by atoms with Gasteiger partial charge in [0, 0.05) is 25.7 Å². The molecule has 0 rings (SSSR count). The van der Waals surface area contributed by atoms with Gasteiger partial charge in [0.25, 0.3) is 0 Å². The van der Waals surface area contributed by atoms with Crippen LogP contribution < -0.4 is 0 Å². The number of phosphoric acid groups is 2. The minimum Gasteiger partial charge on any atom is -0.462 e. The monoisotopic (exact) mass is 1310 g/mol. The first-order valence-corrected chi connectivity index (χ1v) is 39.2. The summed E-state index contributed by atoms with van der Waals surface area (Å²) in [5, 5.41) is 10.6. The van der Waals surface area contributed by atoms with E-state index in [0.717, 1.165) is 108 Å². The smallest absolute Gasteiger partial charge is 0.462 e. The van der Waals surface area contributed by atoms with E-state index in [0.29, 0.717) is 37.5 Å². The molecule has 0 aromatic rings. The number of ether oxygens (including phenoxy) is 4. The van der Waals surface area contributed by atoms with Gasteiger partial charge in [-0.05, 0) is 49.4 Å². The topological polar surface area (TPSA) is 237 Å². The molecule has 0 saturated carbocycles. The standard InChI is InChI=1S/C70H136O17P2/c1-9-63(8)49-41-33-25-18-19-27-36-44-52-69(74)86-65(57-81-68(73)51-43-35-28-20-23-31-39-47-61(4)5)58-84-88(76,77)82-54-64(71)55-83-89(78,79)85-59-66(87-70(75)53-45-37-29-21-24-32-40-48-62(6)7)56-80-67(72)50-42-34-26-17-15-13-11-10-12-14-16-22-30-38-46-60(2)3/h60-66,71H,9-59H2,1-8H3,(H,76,77)(H,78,79)/t63?,64?,65-,66-/m1/s1. The van der Waals surface area contributed by atoms with Gasteiger partial charge >= 0.3 is 39.5 Å². The highest BCUT2D eigenvalue weighted by molar-refractivity contribution is 7.47. The molecule has 0 heterocycles. The lowest BCUT2D eigenvalue weighted by Crippen LogP contribution is -2.30. The van der Waals surface area contributed by atoms with Gasteiger partial charge in [-0.15, -0.1) is 0 Å². The van der Waals surface area contributed by atoms with Crippen LogP contribution >= 0.6 is 15.6 Å². The molecule has 0 spiro atoms. The number of hydrogen-bond acceptors (Lipinski definition) is 15. The second-order valence-corrected chi connectivity index (χ2v) is 29.8. The summed E-state index contributed by atoms with van der Waals surface area (Å²) in [5.41, 5.74) is 0. The van der Waals surface area contributed by atoms with E-state index in [9.17, 15) is 43.2 Å². The molecule has 0 bridgehead atoms. The summed E-state index contributed by atoms with van der Waals surface area (Å²) in [4.78, 5) is 72.5. The van der Waals surface area contributed by atoms with Crippen LogP contribution in [-0.2, 0) is 65.4 Å². The summed E-state index contributed by atoms with van der Waals surface area (Å²) < 4.78 is 68.2. The SMILES string of the molecule is CCC(C)CCCCCCCCCCC(=O)O[C@H](COC(=O)CCCCCCCCCC(C)C)COP(=O)(O)OCC(O)COP(=O)(O)OC[C@@H](COC(=O)CCCCCCCCCCCCCCCCC(C)C)OC(=O)CCCCCCCCCC(C)C. The number of unbranched alkanes of at least 4 members (excludes halogenated alkanes) is 32. The van der Waals surface area contributed by atoms with Crippen LogP contribution in [0.3, 0.4) is 0 Å². The molecule has 6 atom stereocenters. The van der Waals surface area contributed by atoms with Crippen molar-refractivity contribution < 1.29 is 80.2 Å². The fraction of sp³-hybridized carbons (Fsp3) is 0.943. The molecule has 0 aromatic carbocycles. The number of aliphatic hydroxyl groups is 1. The quantitative estimate of drug-likeness (QED) is 0.0222. The lowest BCUT2D eigenvalue weighted by atomic mass is 9.99. The predicted molar refractivity (Wildman–Crippen MR) is 358 cm³/mol. The van der Waals surface area contributed by atoms with Crippen molar-refractivity contribution >= 4 is 39.5 Å². The number of carbonyl (C=O) groups is 4. The van der Waals surface area contributed by atoms with Gasteiger partial charge in [0.1, 0.15) is 19.3 Å². The summed E-state index contributed by atoms with van der Waals surface area (Å²) >= 11 is 0. The van der Waals surface area contributed by atoms with E-state index in [4.69, 9.17) is 37.0 Å². The maximum Gasteiger partial charge on any atom is 0.472 e. The van der Waals surface area contributed by atoms with Crippen molar-refractivity contribution in [1.82, 2.24) is 0 Å². The Morgan fingerprint density at radius 2 is 0.539 bits per heavy atom. The van der Waals surface area contributed by atoms with Gasteiger partial charge < -0.3 is 33.8 Å². The van der Waals surface area contributed by atoms with E-state index in [1.54, 1.807) is 0 Å². The minimum atomic E-state index is -4.95. The first-order chi connectivity index (χ1) is 42.6. The van der Waals surface area contributed by atoms with Crippen molar-refractivity contribution in [3.63, 3.8) is 0 Å². The van der Waals surface area contributed by atoms with Crippen LogP contribution in [0.5, 0.6) is 0 Å². The van der Waals surface area contributed by atoms with Gasteiger partial charge in [-0.3, -0.25) is 37.3 Å². The van der Waals surface area contributed by atoms with Crippen LogP contribution in [0.4, 0.5) is 0 Å². The van der Waals surface area contributed by atoms with Crippen molar-refractivity contribution in [3.05, 3.63) is 0 Å². The molecule has 0 aliphatic heterocycles. The van der Waals surface area contributed by atoms with E-state index < -0.39 is 97.5 Å².